The molecular weight excluding hydrogens is 316 g/mol. The lowest BCUT2D eigenvalue weighted by atomic mass is 9.99. The molecule has 1 atom stereocenters. The van der Waals surface area contributed by atoms with Gasteiger partial charge in [0.15, 0.2) is 0 Å². The molecular formula is C16H21BrN2O. The van der Waals surface area contributed by atoms with Crippen molar-refractivity contribution in [3.63, 3.8) is 0 Å². The number of carbonyl (C=O) groups is 1. The summed E-state index contributed by atoms with van der Waals surface area (Å²) in [4.78, 5) is 17.0. The van der Waals surface area contributed by atoms with Gasteiger partial charge in [-0.05, 0) is 56.5 Å². The summed E-state index contributed by atoms with van der Waals surface area (Å²) < 4.78 is 1.06. The lowest BCUT2D eigenvalue weighted by Crippen LogP contribution is -2.43. The smallest absolute Gasteiger partial charge is 0.254 e. The van der Waals surface area contributed by atoms with Gasteiger partial charge in [-0.1, -0.05) is 15.9 Å². The average Bonchev–Trinajstić information content (AvgIpc) is 2.83. The van der Waals surface area contributed by atoms with E-state index >= 15 is 0 Å². The molecule has 1 fully saturated rings. The van der Waals surface area contributed by atoms with E-state index in [0.717, 1.165) is 36.1 Å². The minimum Gasteiger partial charge on any atom is -0.337 e. The Morgan fingerprint density at radius 1 is 1.30 bits per heavy atom. The standard InChI is InChI=1S/C16H21BrN2O/c1-12-3-2-7-18(12)9-10-19-8-6-13-11-14(17)4-5-15(13)16(19)20/h4-5,11-12H,2-3,6-10H2,1H3/t12-/m1/s1. The molecule has 0 aromatic heterocycles. The molecule has 3 rings (SSSR count). The fourth-order valence-corrected chi connectivity index (χ4v) is 3.70. The zero-order valence-corrected chi connectivity index (χ0v) is 13.5. The van der Waals surface area contributed by atoms with Crippen molar-refractivity contribution in [1.82, 2.24) is 9.80 Å². The number of fused-ring (bicyclic) bond motifs is 1. The van der Waals surface area contributed by atoms with E-state index in [0.29, 0.717) is 6.04 Å². The molecule has 3 nitrogen and oxygen atoms in total. The molecule has 2 aliphatic heterocycles. The van der Waals surface area contributed by atoms with Crippen LogP contribution in [0.1, 0.15) is 35.7 Å². The monoisotopic (exact) mass is 336 g/mol. The van der Waals surface area contributed by atoms with Gasteiger partial charge in [0, 0.05) is 35.7 Å². The number of likely N-dealkylation sites (tertiary alicyclic amines) is 1. The quantitative estimate of drug-likeness (QED) is 0.847. The van der Waals surface area contributed by atoms with Crippen molar-refractivity contribution in [2.75, 3.05) is 26.2 Å². The van der Waals surface area contributed by atoms with E-state index in [-0.39, 0.29) is 5.91 Å². The highest BCUT2D eigenvalue weighted by Crippen LogP contribution is 2.23. The number of halogens is 1. The summed E-state index contributed by atoms with van der Waals surface area (Å²) in [5, 5.41) is 0. The van der Waals surface area contributed by atoms with Gasteiger partial charge in [0.25, 0.3) is 5.91 Å². The summed E-state index contributed by atoms with van der Waals surface area (Å²) in [6.45, 7) is 6.20. The first kappa shape index (κ1) is 14.1. The maximum Gasteiger partial charge on any atom is 0.254 e. The normalized spacial score (nSPS) is 23.2. The molecule has 4 heteroatoms. The van der Waals surface area contributed by atoms with Gasteiger partial charge in [0.2, 0.25) is 0 Å². The molecule has 1 aromatic carbocycles. The van der Waals surface area contributed by atoms with E-state index in [4.69, 9.17) is 0 Å². The number of rotatable bonds is 3. The molecule has 20 heavy (non-hydrogen) atoms. The topological polar surface area (TPSA) is 23.6 Å². The highest BCUT2D eigenvalue weighted by atomic mass is 79.9. The third-order valence-electron chi connectivity index (χ3n) is 4.58. The van der Waals surface area contributed by atoms with Crippen molar-refractivity contribution in [2.45, 2.75) is 32.2 Å². The van der Waals surface area contributed by atoms with Gasteiger partial charge in [-0.15, -0.1) is 0 Å². The Morgan fingerprint density at radius 2 is 2.15 bits per heavy atom. The number of hydrogen-bond donors (Lipinski definition) is 0. The van der Waals surface area contributed by atoms with Crippen molar-refractivity contribution < 1.29 is 4.79 Å². The van der Waals surface area contributed by atoms with Crippen LogP contribution in [0.15, 0.2) is 22.7 Å². The van der Waals surface area contributed by atoms with Crippen LogP contribution < -0.4 is 0 Å². The van der Waals surface area contributed by atoms with Crippen LogP contribution in [0.3, 0.4) is 0 Å². The fraction of sp³-hybridized carbons (Fsp3) is 0.562. The Labute approximate surface area is 129 Å². The van der Waals surface area contributed by atoms with Crippen molar-refractivity contribution in [2.24, 2.45) is 0 Å². The molecule has 0 N–H and O–H groups in total. The second-order valence-corrected chi connectivity index (χ2v) is 6.79. The minimum atomic E-state index is 0.200. The summed E-state index contributed by atoms with van der Waals surface area (Å²) in [7, 11) is 0. The van der Waals surface area contributed by atoms with Gasteiger partial charge in [-0.2, -0.15) is 0 Å². The van der Waals surface area contributed by atoms with E-state index < -0.39 is 0 Å². The molecule has 2 heterocycles. The van der Waals surface area contributed by atoms with Gasteiger partial charge in [-0.3, -0.25) is 9.69 Å². The first-order valence-electron chi connectivity index (χ1n) is 7.47. The molecule has 0 bridgehead atoms. The second-order valence-electron chi connectivity index (χ2n) is 5.87. The Hall–Kier alpha value is -0.870. The van der Waals surface area contributed by atoms with E-state index in [1.165, 1.54) is 24.9 Å². The zero-order chi connectivity index (χ0) is 14.1. The largest absolute Gasteiger partial charge is 0.337 e. The molecule has 0 aliphatic carbocycles. The molecule has 108 valence electrons. The highest BCUT2D eigenvalue weighted by molar-refractivity contribution is 9.10. The summed E-state index contributed by atoms with van der Waals surface area (Å²) in [6, 6.07) is 6.67. The summed E-state index contributed by atoms with van der Waals surface area (Å²) in [6.07, 6.45) is 3.56. The van der Waals surface area contributed by atoms with E-state index in [1.54, 1.807) is 0 Å². The second kappa shape index (κ2) is 5.86. The van der Waals surface area contributed by atoms with Crippen LogP contribution in [0.4, 0.5) is 0 Å². The predicted octanol–water partition coefficient (Wildman–Crippen LogP) is 2.93. The van der Waals surface area contributed by atoms with E-state index in [1.807, 2.05) is 17.0 Å². The van der Waals surface area contributed by atoms with Gasteiger partial charge < -0.3 is 4.90 Å². The molecule has 1 amide bonds. The molecule has 0 spiro atoms. The molecule has 0 radical (unpaired) electrons. The first-order valence-corrected chi connectivity index (χ1v) is 8.26. The van der Waals surface area contributed by atoms with Crippen LogP contribution >= 0.6 is 15.9 Å². The first-order chi connectivity index (χ1) is 9.65. The molecule has 0 saturated carbocycles. The molecule has 0 unspecified atom stereocenters. The maximum absolute atomic E-state index is 12.5. The predicted molar refractivity (Wildman–Crippen MR) is 84.0 cm³/mol. The number of benzene rings is 1. The zero-order valence-electron chi connectivity index (χ0n) is 11.9. The van der Waals surface area contributed by atoms with Crippen LogP contribution in [0, 0.1) is 0 Å². The Kier molecular flexibility index (Phi) is 4.13. The van der Waals surface area contributed by atoms with Crippen molar-refractivity contribution in [3.8, 4) is 0 Å². The summed E-state index contributed by atoms with van der Waals surface area (Å²) >= 11 is 3.48. The minimum absolute atomic E-state index is 0.200. The van der Waals surface area contributed by atoms with Crippen LogP contribution in [0.2, 0.25) is 0 Å². The molecule has 1 aromatic rings. The van der Waals surface area contributed by atoms with Gasteiger partial charge in [0.1, 0.15) is 0 Å². The lowest BCUT2D eigenvalue weighted by molar-refractivity contribution is 0.0717. The lowest BCUT2D eigenvalue weighted by Gasteiger charge is -2.31. The van der Waals surface area contributed by atoms with Crippen molar-refractivity contribution in [1.29, 1.82) is 0 Å². The number of hydrogen-bond acceptors (Lipinski definition) is 2. The Morgan fingerprint density at radius 3 is 2.90 bits per heavy atom. The summed E-state index contributed by atoms with van der Waals surface area (Å²) in [5.74, 6) is 0.200. The van der Waals surface area contributed by atoms with Crippen molar-refractivity contribution in [3.05, 3.63) is 33.8 Å². The molecule has 2 aliphatic rings. The van der Waals surface area contributed by atoms with Gasteiger partial charge in [0.05, 0.1) is 0 Å². The average molecular weight is 337 g/mol. The van der Waals surface area contributed by atoms with Crippen LogP contribution in [-0.4, -0.2) is 47.9 Å². The van der Waals surface area contributed by atoms with Gasteiger partial charge in [-0.25, -0.2) is 0 Å². The van der Waals surface area contributed by atoms with Crippen LogP contribution in [0.25, 0.3) is 0 Å². The SMILES string of the molecule is C[C@@H]1CCCN1CCN1CCc2cc(Br)ccc2C1=O. The number of amides is 1. The van der Waals surface area contributed by atoms with Crippen LogP contribution in [-0.2, 0) is 6.42 Å². The number of nitrogens with zero attached hydrogens (tertiary/aromatic N) is 2. The summed E-state index contributed by atoms with van der Waals surface area (Å²) in [5.41, 5.74) is 2.06. The van der Waals surface area contributed by atoms with E-state index in [9.17, 15) is 4.79 Å². The van der Waals surface area contributed by atoms with E-state index in [2.05, 4.69) is 33.8 Å². The van der Waals surface area contributed by atoms with Gasteiger partial charge >= 0.3 is 0 Å². The maximum atomic E-state index is 12.5. The number of carbonyl (C=O) groups excluding carboxylic acids is 1. The third kappa shape index (κ3) is 2.77. The Bertz CT molecular complexity index is 517. The Balaban J connectivity index is 1.65. The van der Waals surface area contributed by atoms with Crippen molar-refractivity contribution >= 4 is 21.8 Å². The highest BCUT2D eigenvalue weighted by Gasteiger charge is 2.26. The fourth-order valence-electron chi connectivity index (χ4n) is 3.29. The molecule has 1 saturated heterocycles. The van der Waals surface area contributed by atoms with Crippen LogP contribution in [0.5, 0.6) is 0 Å². The third-order valence-corrected chi connectivity index (χ3v) is 5.08.